The first-order chi connectivity index (χ1) is 6.42. The summed E-state index contributed by atoms with van der Waals surface area (Å²) >= 11 is 0. The third-order valence-corrected chi connectivity index (χ3v) is 1.66. The summed E-state index contributed by atoms with van der Waals surface area (Å²) < 4.78 is 5.34. The van der Waals surface area contributed by atoms with Gasteiger partial charge in [-0.25, -0.2) is 9.97 Å². The first kappa shape index (κ1) is 7.79. The second-order valence-electron chi connectivity index (χ2n) is 2.52. The summed E-state index contributed by atoms with van der Waals surface area (Å²) in [6, 6.07) is 1.88. The lowest BCUT2D eigenvalue weighted by Gasteiger charge is -2.01. The number of rotatable bonds is 3. The second-order valence-corrected chi connectivity index (χ2v) is 2.52. The first-order valence-corrected chi connectivity index (χ1v) is 3.93. The summed E-state index contributed by atoms with van der Waals surface area (Å²) in [7, 11) is 0. The highest BCUT2D eigenvalue weighted by molar-refractivity contribution is 5.80. The molecular formula is C9H9N3O. The molecule has 66 valence electrons. The maximum absolute atomic E-state index is 5.34. The molecule has 0 aliphatic rings. The van der Waals surface area contributed by atoms with E-state index in [1.807, 2.05) is 6.07 Å². The fourth-order valence-corrected chi connectivity index (χ4v) is 1.10. The van der Waals surface area contributed by atoms with E-state index in [2.05, 4.69) is 21.5 Å². The first-order valence-electron chi connectivity index (χ1n) is 3.93. The quantitative estimate of drug-likeness (QED) is 0.719. The van der Waals surface area contributed by atoms with Crippen LogP contribution < -0.4 is 4.74 Å². The van der Waals surface area contributed by atoms with Crippen molar-refractivity contribution in [3.05, 3.63) is 31.2 Å². The summed E-state index contributed by atoms with van der Waals surface area (Å²) in [4.78, 5) is 11.0. The Kier molecular flexibility index (Phi) is 1.96. The zero-order valence-corrected chi connectivity index (χ0v) is 7.03. The van der Waals surface area contributed by atoms with Crippen molar-refractivity contribution in [1.29, 1.82) is 0 Å². The van der Waals surface area contributed by atoms with E-state index in [-0.39, 0.29) is 0 Å². The zero-order chi connectivity index (χ0) is 9.10. The predicted octanol–water partition coefficient (Wildman–Crippen LogP) is 1.52. The van der Waals surface area contributed by atoms with Crippen molar-refractivity contribution in [3.63, 3.8) is 0 Å². The Morgan fingerprint density at radius 3 is 3.31 bits per heavy atom. The average Bonchev–Trinajstić information content (AvgIpc) is 2.62. The number of aromatic nitrogens is 3. The van der Waals surface area contributed by atoms with E-state index < -0.39 is 0 Å². The van der Waals surface area contributed by atoms with Gasteiger partial charge in [-0.1, -0.05) is 12.7 Å². The van der Waals surface area contributed by atoms with Crippen LogP contribution in [0.4, 0.5) is 0 Å². The molecule has 0 saturated carbocycles. The van der Waals surface area contributed by atoms with Crippen LogP contribution in [0.3, 0.4) is 0 Å². The van der Waals surface area contributed by atoms with Crippen LogP contribution in [0.1, 0.15) is 0 Å². The Morgan fingerprint density at radius 1 is 1.54 bits per heavy atom. The van der Waals surface area contributed by atoms with E-state index in [0.29, 0.717) is 12.5 Å². The lowest BCUT2D eigenvalue weighted by atomic mass is 10.4. The molecule has 0 aliphatic heterocycles. The summed E-state index contributed by atoms with van der Waals surface area (Å²) in [6.45, 7) is 4.02. The van der Waals surface area contributed by atoms with Gasteiger partial charge >= 0.3 is 0 Å². The van der Waals surface area contributed by atoms with Crippen molar-refractivity contribution in [2.24, 2.45) is 0 Å². The molecular weight excluding hydrogens is 166 g/mol. The Hall–Kier alpha value is -1.84. The molecule has 0 bridgehead atoms. The topological polar surface area (TPSA) is 50.8 Å². The van der Waals surface area contributed by atoms with Gasteiger partial charge in [-0.2, -0.15) is 0 Å². The van der Waals surface area contributed by atoms with Gasteiger partial charge in [-0.05, 0) is 6.07 Å². The van der Waals surface area contributed by atoms with E-state index >= 15 is 0 Å². The standard InChI is InChI=1S/C9H9N3O/c1-2-5-13-9-7-3-4-10-8(7)11-6-12-9/h2-4,6H,1,5H2,(H,10,11,12). The molecule has 0 aromatic carbocycles. The van der Waals surface area contributed by atoms with Gasteiger partial charge in [0, 0.05) is 6.20 Å². The van der Waals surface area contributed by atoms with Crippen molar-refractivity contribution in [2.75, 3.05) is 6.61 Å². The van der Waals surface area contributed by atoms with Gasteiger partial charge in [0.1, 0.15) is 18.6 Å². The Bertz CT molecular complexity index is 421. The lowest BCUT2D eigenvalue weighted by molar-refractivity contribution is 0.353. The molecule has 1 N–H and O–H groups in total. The van der Waals surface area contributed by atoms with Crippen molar-refractivity contribution in [2.45, 2.75) is 0 Å². The molecule has 2 aromatic rings. The number of hydrogen-bond donors (Lipinski definition) is 1. The normalized spacial score (nSPS) is 10.2. The molecule has 2 aromatic heterocycles. The highest BCUT2D eigenvalue weighted by atomic mass is 16.5. The maximum Gasteiger partial charge on any atom is 0.226 e. The summed E-state index contributed by atoms with van der Waals surface area (Å²) in [5, 5.41) is 0.893. The number of nitrogens with one attached hydrogen (secondary N) is 1. The fourth-order valence-electron chi connectivity index (χ4n) is 1.10. The van der Waals surface area contributed by atoms with Crippen LogP contribution in [-0.4, -0.2) is 21.6 Å². The van der Waals surface area contributed by atoms with E-state index in [1.54, 1.807) is 12.3 Å². The Morgan fingerprint density at radius 2 is 2.46 bits per heavy atom. The van der Waals surface area contributed by atoms with Gasteiger partial charge in [0.25, 0.3) is 0 Å². The van der Waals surface area contributed by atoms with Gasteiger partial charge in [0.15, 0.2) is 0 Å². The number of aromatic amines is 1. The molecule has 0 radical (unpaired) electrons. The van der Waals surface area contributed by atoms with E-state index in [1.165, 1.54) is 6.33 Å². The minimum absolute atomic E-state index is 0.456. The minimum Gasteiger partial charge on any atom is -0.473 e. The van der Waals surface area contributed by atoms with Crippen LogP contribution in [0.2, 0.25) is 0 Å². The molecule has 0 atom stereocenters. The molecule has 0 fully saturated rings. The Labute approximate surface area is 75.3 Å². The van der Waals surface area contributed by atoms with Gasteiger partial charge in [-0.3, -0.25) is 0 Å². The minimum atomic E-state index is 0.456. The van der Waals surface area contributed by atoms with Crippen molar-refractivity contribution in [1.82, 2.24) is 15.0 Å². The molecule has 4 nitrogen and oxygen atoms in total. The number of H-pyrrole nitrogens is 1. The molecule has 2 heterocycles. The smallest absolute Gasteiger partial charge is 0.226 e. The molecule has 0 amide bonds. The van der Waals surface area contributed by atoms with E-state index in [0.717, 1.165) is 11.0 Å². The summed E-state index contributed by atoms with van der Waals surface area (Å²) in [5.41, 5.74) is 0.786. The molecule has 0 unspecified atom stereocenters. The lowest BCUT2D eigenvalue weighted by Crippen LogP contribution is -1.96. The van der Waals surface area contributed by atoms with Crippen LogP contribution in [0, 0.1) is 0 Å². The monoisotopic (exact) mass is 175 g/mol. The van der Waals surface area contributed by atoms with Crippen LogP contribution in [0.15, 0.2) is 31.2 Å². The number of hydrogen-bond acceptors (Lipinski definition) is 3. The SMILES string of the molecule is C=CCOc1ncnc2[nH]ccc12. The molecule has 0 saturated heterocycles. The highest BCUT2D eigenvalue weighted by Gasteiger charge is 2.03. The predicted molar refractivity (Wildman–Crippen MR) is 49.6 cm³/mol. The fraction of sp³-hybridized carbons (Fsp3) is 0.111. The molecule has 0 aliphatic carbocycles. The molecule has 4 heteroatoms. The molecule has 13 heavy (non-hydrogen) atoms. The van der Waals surface area contributed by atoms with Gasteiger partial charge in [0.05, 0.1) is 5.39 Å². The average molecular weight is 175 g/mol. The van der Waals surface area contributed by atoms with Crippen molar-refractivity contribution < 1.29 is 4.74 Å². The van der Waals surface area contributed by atoms with E-state index in [4.69, 9.17) is 4.74 Å². The van der Waals surface area contributed by atoms with Gasteiger partial charge in [-0.15, -0.1) is 0 Å². The summed E-state index contributed by atoms with van der Waals surface area (Å²) in [5.74, 6) is 0.589. The number of ether oxygens (including phenoxy) is 1. The van der Waals surface area contributed by atoms with Gasteiger partial charge in [0.2, 0.25) is 5.88 Å². The van der Waals surface area contributed by atoms with Crippen molar-refractivity contribution >= 4 is 11.0 Å². The highest BCUT2D eigenvalue weighted by Crippen LogP contribution is 2.19. The maximum atomic E-state index is 5.34. The largest absolute Gasteiger partial charge is 0.473 e. The van der Waals surface area contributed by atoms with Gasteiger partial charge < -0.3 is 9.72 Å². The summed E-state index contributed by atoms with van der Waals surface area (Å²) in [6.07, 6.45) is 4.96. The van der Waals surface area contributed by atoms with Crippen LogP contribution >= 0.6 is 0 Å². The van der Waals surface area contributed by atoms with Crippen LogP contribution in [-0.2, 0) is 0 Å². The Balaban J connectivity index is 2.42. The number of nitrogens with zero attached hydrogens (tertiary/aromatic N) is 2. The molecule has 2 rings (SSSR count). The number of fused-ring (bicyclic) bond motifs is 1. The van der Waals surface area contributed by atoms with Crippen LogP contribution in [0.5, 0.6) is 5.88 Å². The van der Waals surface area contributed by atoms with Crippen molar-refractivity contribution in [3.8, 4) is 5.88 Å². The second kappa shape index (κ2) is 3.26. The van der Waals surface area contributed by atoms with E-state index in [9.17, 15) is 0 Å². The van der Waals surface area contributed by atoms with Crippen LogP contribution in [0.25, 0.3) is 11.0 Å². The third-order valence-electron chi connectivity index (χ3n) is 1.66. The zero-order valence-electron chi connectivity index (χ0n) is 7.03. The third kappa shape index (κ3) is 1.38. The molecule has 0 spiro atoms.